The van der Waals surface area contributed by atoms with Crippen molar-refractivity contribution in [3.63, 3.8) is 0 Å². The molecule has 0 spiro atoms. The van der Waals surface area contributed by atoms with Gasteiger partial charge in [-0.05, 0) is 30.3 Å². The number of hydrogen-bond acceptors (Lipinski definition) is 10. The Kier molecular flexibility index (Phi) is 7.50. The third kappa shape index (κ3) is 5.60. The molecule has 3 heterocycles. The highest BCUT2D eigenvalue weighted by atomic mass is 16.6. The molecule has 1 aliphatic rings. The quantitative estimate of drug-likeness (QED) is 0.309. The normalized spacial score (nSPS) is 12.1. The van der Waals surface area contributed by atoms with Crippen LogP contribution in [0.25, 0.3) is 10.9 Å². The number of amides is 2. The maximum atomic E-state index is 12.4. The van der Waals surface area contributed by atoms with Crippen LogP contribution in [0.4, 0.5) is 16.2 Å². The standard InChI is InChI=1S/C26H25N5O7/c1-33-9-10-35-20-14-19-22(24-23(20)36-11-12-37-24)25(29-15-28-19)38-18-5-3-16(4-6-18)30-26(32)31-17-7-8-27-21(13-17)34-2/h3-8,13-15H,9-12H2,1-2H3,(H2,27,30,31,32). The number of nitrogens with one attached hydrogen (secondary N) is 2. The van der Waals surface area contributed by atoms with Crippen LogP contribution in [0.15, 0.2) is 55.0 Å². The van der Waals surface area contributed by atoms with E-state index in [1.165, 1.54) is 13.4 Å². The van der Waals surface area contributed by atoms with Gasteiger partial charge in [-0.1, -0.05) is 0 Å². The molecule has 0 atom stereocenters. The summed E-state index contributed by atoms with van der Waals surface area (Å²) >= 11 is 0. The van der Waals surface area contributed by atoms with Crippen molar-refractivity contribution in [3.8, 4) is 34.8 Å². The number of nitrogens with zero attached hydrogens (tertiary/aromatic N) is 3. The first-order valence-corrected chi connectivity index (χ1v) is 11.7. The molecule has 2 aromatic heterocycles. The van der Waals surface area contributed by atoms with Crippen LogP contribution in [0, 0.1) is 0 Å². The van der Waals surface area contributed by atoms with Gasteiger partial charge in [-0.3, -0.25) is 0 Å². The number of pyridine rings is 1. The largest absolute Gasteiger partial charge is 0.487 e. The minimum atomic E-state index is -0.416. The molecule has 4 aromatic rings. The zero-order valence-corrected chi connectivity index (χ0v) is 20.7. The first-order chi connectivity index (χ1) is 18.6. The molecule has 2 N–H and O–H groups in total. The van der Waals surface area contributed by atoms with Gasteiger partial charge in [-0.2, -0.15) is 0 Å². The van der Waals surface area contributed by atoms with Crippen LogP contribution in [-0.2, 0) is 4.74 Å². The van der Waals surface area contributed by atoms with Crippen molar-refractivity contribution in [1.82, 2.24) is 15.0 Å². The zero-order chi connectivity index (χ0) is 26.3. The lowest BCUT2D eigenvalue weighted by Crippen LogP contribution is -2.19. The van der Waals surface area contributed by atoms with Gasteiger partial charge < -0.3 is 39.1 Å². The van der Waals surface area contributed by atoms with Crippen molar-refractivity contribution in [2.45, 2.75) is 0 Å². The molecule has 0 saturated carbocycles. The van der Waals surface area contributed by atoms with E-state index in [9.17, 15) is 4.79 Å². The predicted molar refractivity (Wildman–Crippen MR) is 138 cm³/mol. The van der Waals surface area contributed by atoms with Gasteiger partial charge in [0, 0.05) is 36.8 Å². The number of methoxy groups -OCH3 is 2. The Morgan fingerprint density at radius 2 is 1.71 bits per heavy atom. The van der Waals surface area contributed by atoms with Gasteiger partial charge >= 0.3 is 6.03 Å². The van der Waals surface area contributed by atoms with Crippen molar-refractivity contribution in [2.24, 2.45) is 0 Å². The Hall–Kier alpha value is -4.84. The number of benzene rings is 2. The number of hydrogen-bond donors (Lipinski definition) is 2. The van der Waals surface area contributed by atoms with Crippen molar-refractivity contribution in [1.29, 1.82) is 0 Å². The fourth-order valence-corrected chi connectivity index (χ4v) is 3.71. The first-order valence-electron chi connectivity index (χ1n) is 11.7. The molecule has 0 fully saturated rings. The van der Waals surface area contributed by atoms with Crippen LogP contribution in [-0.4, -0.2) is 61.6 Å². The van der Waals surface area contributed by atoms with Crippen molar-refractivity contribution in [3.05, 3.63) is 55.0 Å². The number of anilines is 2. The van der Waals surface area contributed by atoms with Crippen LogP contribution in [0.5, 0.6) is 34.8 Å². The van der Waals surface area contributed by atoms with E-state index in [1.807, 2.05) is 0 Å². The number of urea groups is 1. The molecular formula is C26H25N5O7. The SMILES string of the molecule is COCCOc1cc2ncnc(Oc3ccc(NC(=O)Nc4ccnc(OC)c4)cc3)c2c2c1OCCO2. The van der Waals surface area contributed by atoms with Gasteiger partial charge in [0.05, 0.1) is 19.2 Å². The van der Waals surface area contributed by atoms with Crippen LogP contribution in [0.2, 0.25) is 0 Å². The third-order valence-corrected chi connectivity index (χ3v) is 5.42. The summed E-state index contributed by atoms with van der Waals surface area (Å²) in [6, 6.07) is 11.5. The Morgan fingerprint density at radius 3 is 2.50 bits per heavy atom. The second-order valence-electron chi connectivity index (χ2n) is 7.94. The molecule has 2 aromatic carbocycles. The molecule has 0 aliphatic carbocycles. The van der Waals surface area contributed by atoms with E-state index in [0.29, 0.717) is 83.5 Å². The van der Waals surface area contributed by atoms with E-state index < -0.39 is 6.03 Å². The summed E-state index contributed by atoms with van der Waals surface area (Å²) in [5.41, 5.74) is 1.69. The number of carbonyl (C=O) groups is 1. The van der Waals surface area contributed by atoms with Crippen LogP contribution >= 0.6 is 0 Å². The minimum absolute atomic E-state index is 0.297. The van der Waals surface area contributed by atoms with Gasteiger partial charge in [0.15, 0.2) is 11.5 Å². The summed E-state index contributed by atoms with van der Waals surface area (Å²) < 4.78 is 33.8. The van der Waals surface area contributed by atoms with E-state index in [4.69, 9.17) is 28.4 Å². The number of rotatable bonds is 9. The lowest BCUT2D eigenvalue weighted by atomic mass is 10.1. The second-order valence-corrected chi connectivity index (χ2v) is 7.94. The summed E-state index contributed by atoms with van der Waals surface area (Å²) in [7, 11) is 3.11. The predicted octanol–water partition coefficient (Wildman–Crippen LogP) is 4.27. The summed E-state index contributed by atoms with van der Waals surface area (Å²) in [6.45, 7) is 1.53. The molecule has 2 amide bonds. The Labute approximate surface area is 217 Å². The monoisotopic (exact) mass is 519 g/mol. The van der Waals surface area contributed by atoms with Crippen LogP contribution in [0.1, 0.15) is 0 Å². The summed E-state index contributed by atoms with van der Waals surface area (Å²) in [6.07, 6.45) is 2.95. The molecule has 12 nitrogen and oxygen atoms in total. The smallest absolute Gasteiger partial charge is 0.323 e. The molecule has 12 heteroatoms. The fraction of sp³-hybridized carbons (Fsp3) is 0.231. The number of carbonyl (C=O) groups excluding carboxylic acids is 1. The second kappa shape index (κ2) is 11.5. The van der Waals surface area contributed by atoms with Gasteiger partial charge in [0.25, 0.3) is 0 Å². The average molecular weight is 520 g/mol. The molecular weight excluding hydrogens is 494 g/mol. The number of ether oxygens (including phenoxy) is 6. The van der Waals surface area contributed by atoms with E-state index >= 15 is 0 Å². The number of aromatic nitrogens is 3. The highest BCUT2D eigenvalue weighted by molar-refractivity contribution is 5.99. The first kappa shape index (κ1) is 24.8. The van der Waals surface area contributed by atoms with E-state index in [2.05, 4.69) is 25.6 Å². The highest BCUT2D eigenvalue weighted by Crippen LogP contribution is 2.47. The molecule has 5 rings (SSSR count). The Morgan fingerprint density at radius 1 is 0.921 bits per heavy atom. The van der Waals surface area contributed by atoms with Crippen molar-refractivity contribution >= 4 is 28.3 Å². The average Bonchev–Trinajstić information content (AvgIpc) is 2.94. The van der Waals surface area contributed by atoms with E-state index in [0.717, 1.165) is 0 Å². The molecule has 0 unspecified atom stereocenters. The van der Waals surface area contributed by atoms with Gasteiger partial charge in [-0.15, -0.1) is 0 Å². The highest BCUT2D eigenvalue weighted by Gasteiger charge is 2.25. The summed E-state index contributed by atoms with van der Waals surface area (Å²) in [5.74, 6) is 2.63. The van der Waals surface area contributed by atoms with E-state index in [-0.39, 0.29) is 0 Å². The Bertz CT molecular complexity index is 1430. The molecule has 0 saturated heterocycles. The molecule has 196 valence electrons. The molecule has 1 aliphatic heterocycles. The third-order valence-electron chi connectivity index (χ3n) is 5.42. The lowest BCUT2D eigenvalue weighted by molar-refractivity contribution is 0.134. The molecule has 0 bridgehead atoms. The zero-order valence-electron chi connectivity index (χ0n) is 20.7. The van der Waals surface area contributed by atoms with Crippen molar-refractivity contribution in [2.75, 3.05) is 51.3 Å². The number of fused-ring (bicyclic) bond motifs is 3. The summed E-state index contributed by atoms with van der Waals surface area (Å²) in [5, 5.41) is 6.06. The lowest BCUT2D eigenvalue weighted by Gasteiger charge is -2.23. The summed E-state index contributed by atoms with van der Waals surface area (Å²) in [4.78, 5) is 25.1. The molecule has 0 radical (unpaired) electrons. The maximum Gasteiger partial charge on any atom is 0.323 e. The molecule has 38 heavy (non-hydrogen) atoms. The minimum Gasteiger partial charge on any atom is -0.487 e. The van der Waals surface area contributed by atoms with Gasteiger partial charge in [-0.25, -0.2) is 19.7 Å². The van der Waals surface area contributed by atoms with Gasteiger partial charge in [0.2, 0.25) is 17.5 Å². The Balaban J connectivity index is 1.32. The topological polar surface area (TPSA) is 135 Å². The van der Waals surface area contributed by atoms with E-state index in [1.54, 1.807) is 55.8 Å². The van der Waals surface area contributed by atoms with Gasteiger partial charge in [0.1, 0.15) is 37.3 Å². The maximum absolute atomic E-state index is 12.4. The van der Waals surface area contributed by atoms with Crippen molar-refractivity contribution < 1.29 is 33.2 Å². The van der Waals surface area contributed by atoms with Crippen LogP contribution in [0.3, 0.4) is 0 Å². The fourth-order valence-electron chi connectivity index (χ4n) is 3.71. The van der Waals surface area contributed by atoms with Crippen LogP contribution < -0.4 is 34.3 Å².